The van der Waals surface area contributed by atoms with Crippen molar-refractivity contribution in [2.75, 3.05) is 0 Å². The monoisotopic (exact) mass is 222 g/mol. The van der Waals surface area contributed by atoms with Crippen molar-refractivity contribution in [2.45, 2.75) is 0 Å². The predicted octanol–water partition coefficient (Wildman–Crippen LogP) is 1.93. The van der Waals surface area contributed by atoms with E-state index in [1.54, 1.807) is 24.7 Å². The number of hydrogen-bond acceptors (Lipinski definition) is 5. The fraction of sp³-hybridized carbons (Fsp3) is 0. The van der Waals surface area contributed by atoms with E-state index in [9.17, 15) is 9.59 Å². The highest BCUT2D eigenvalue weighted by Crippen LogP contribution is 2.12. The van der Waals surface area contributed by atoms with Crippen LogP contribution in [0, 0.1) is 0 Å². The Kier molecular flexibility index (Phi) is 2.64. The van der Waals surface area contributed by atoms with Crippen LogP contribution in [0.1, 0.15) is 0 Å². The Morgan fingerprint density at radius 2 is 1.47 bits per heavy atom. The summed E-state index contributed by atoms with van der Waals surface area (Å²) in [6.45, 7) is 0. The summed E-state index contributed by atoms with van der Waals surface area (Å²) in [5.41, 5.74) is -1.07. The van der Waals surface area contributed by atoms with Crippen LogP contribution in [0.15, 0.2) is 55.2 Å². The van der Waals surface area contributed by atoms with E-state index in [4.69, 9.17) is 0 Å². The van der Waals surface area contributed by atoms with Crippen LogP contribution in [-0.4, -0.2) is 0 Å². The molecule has 2 bridgehead atoms. The Labute approximate surface area is 87.7 Å². The lowest BCUT2D eigenvalue weighted by molar-refractivity contribution is 0.491. The fourth-order valence-corrected chi connectivity index (χ4v) is 1.73. The molecule has 0 aliphatic rings. The summed E-state index contributed by atoms with van der Waals surface area (Å²) < 4.78 is 9.91. The maximum Gasteiger partial charge on any atom is 0.356 e. The van der Waals surface area contributed by atoms with Gasteiger partial charge < -0.3 is 8.83 Å². The largest absolute Gasteiger partial charge is 0.473 e. The van der Waals surface area contributed by atoms with Gasteiger partial charge in [0.2, 0.25) is 0 Å². The highest BCUT2D eigenvalue weighted by Gasteiger charge is 2.03. The smallest absolute Gasteiger partial charge is 0.356 e. The molecule has 4 nitrogen and oxygen atoms in total. The van der Waals surface area contributed by atoms with Crippen molar-refractivity contribution in [2.24, 2.45) is 0 Å². The zero-order valence-electron chi connectivity index (χ0n) is 7.51. The molecule has 3 aromatic heterocycles. The Hall–Kier alpha value is -1.88. The topological polar surface area (TPSA) is 60.4 Å². The van der Waals surface area contributed by atoms with Crippen molar-refractivity contribution in [3.63, 3.8) is 0 Å². The quantitative estimate of drug-likeness (QED) is 0.583. The second-order valence-electron chi connectivity index (χ2n) is 2.63. The second-order valence-corrected chi connectivity index (χ2v) is 3.72. The van der Waals surface area contributed by atoms with Crippen LogP contribution in [0.4, 0.5) is 0 Å². The van der Waals surface area contributed by atoms with Crippen LogP contribution in [0.2, 0.25) is 0 Å². The van der Waals surface area contributed by atoms with Gasteiger partial charge in [0.15, 0.2) is 0 Å². The van der Waals surface area contributed by atoms with Gasteiger partial charge >= 0.3 is 11.3 Å². The average Bonchev–Trinajstić information content (AvgIpc) is 2.91. The van der Waals surface area contributed by atoms with E-state index in [1.807, 2.05) is 12.1 Å². The van der Waals surface area contributed by atoms with Crippen LogP contribution in [0.25, 0.3) is 9.40 Å². The minimum Gasteiger partial charge on any atom is -0.473 e. The molecule has 0 N–H and O–H groups in total. The van der Waals surface area contributed by atoms with E-state index < -0.39 is 11.3 Å². The number of rotatable bonds is 0. The standard InChI is InChI=1S/C6H2O3S.C4H4O/c7-5-3-1-2-4(10-3)6(8)9-5;1-2-4-5-3-1/h1-2H;1-4H. The van der Waals surface area contributed by atoms with Gasteiger partial charge in [-0.05, 0) is 24.3 Å². The second kappa shape index (κ2) is 4.10. The fourth-order valence-electron chi connectivity index (χ4n) is 0.969. The first kappa shape index (κ1) is 9.67. The van der Waals surface area contributed by atoms with Crippen LogP contribution in [-0.2, 0) is 0 Å². The first-order valence-electron chi connectivity index (χ1n) is 4.11. The van der Waals surface area contributed by atoms with Crippen molar-refractivity contribution in [1.29, 1.82) is 0 Å². The summed E-state index contributed by atoms with van der Waals surface area (Å²) in [4.78, 5) is 21.4. The van der Waals surface area contributed by atoms with Crippen molar-refractivity contribution in [1.82, 2.24) is 0 Å². The van der Waals surface area contributed by atoms with E-state index in [0.29, 0.717) is 9.40 Å². The molecule has 0 saturated carbocycles. The van der Waals surface area contributed by atoms with Gasteiger partial charge in [-0.25, -0.2) is 9.59 Å². The molecular weight excluding hydrogens is 216 g/mol. The molecule has 0 atom stereocenters. The number of fused-ring (bicyclic) bond motifs is 2. The van der Waals surface area contributed by atoms with Gasteiger partial charge in [0, 0.05) is 0 Å². The van der Waals surface area contributed by atoms with Crippen molar-refractivity contribution in [3.8, 4) is 0 Å². The van der Waals surface area contributed by atoms with Crippen LogP contribution in [0.5, 0.6) is 0 Å². The molecule has 5 heteroatoms. The highest BCUT2D eigenvalue weighted by atomic mass is 32.1. The van der Waals surface area contributed by atoms with Crippen molar-refractivity contribution >= 4 is 20.7 Å². The molecule has 3 aromatic rings. The number of thiophene rings is 1. The molecule has 76 valence electrons. The summed E-state index contributed by atoms with van der Waals surface area (Å²) in [5.74, 6) is 0. The molecule has 0 amide bonds. The molecule has 0 saturated heterocycles. The predicted molar refractivity (Wildman–Crippen MR) is 56.5 cm³/mol. The van der Waals surface area contributed by atoms with Gasteiger partial charge in [0.25, 0.3) is 0 Å². The lowest BCUT2D eigenvalue weighted by Crippen LogP contribution is -2.05. The zero-order chi connectivity index (χ0) is 10.7. The Morgan fingerprint density at radius 3 is 1.87 bits per heavy atom. The molecule has 0 radical (unpaired) electrons. The molecule has 15 heavy (non-hydrogen) atoms. The molecule has 0 unspecified atom stereocenters. The number of furan rings is 1. The molecule has 0 spiro atoms. The molecular formula is C10H6O4S. The molecule has 0 aliphatic carbocycles. The normalized spacial score (nSPS) is 9.87. The minimum atomic E-state index is -0.535. The summed E-state index contributed by atoms with van der Waals surface area (Å²) in [6.07, 6.45) is 3.25. The highest BCUT2D eigenvalue weighted by molar-refractivity contribution is 7.23. The first-order chi connectivity index (χ1) is 7.27. The third-order valence-electron chi connectivity index (χ3n) is 1.62. The lowest BCUT2D eigenvalue weighted by Gasteiger charge is -1.76. The molecule has 3 rings (SSSR count). The molecule has 0 aliphatic heterocycles. The summed E-state index contributed by atoms with van der Waals surface area (Å²) >= 11 is 1.17. The minimum absolute atomic E-state index is 0.495. The maximum absolute atomic E-state index is 10.7. The van der Waals surface area contributed by atoms with Crippen molar-refractivity contribution in [3.05, 3.63) is 57.6 Å². The molecule has 0 aromatic carbocycles. The van der Waals surface area contributed by atoms with E-state index in [-0.39, 0.29) is 0 Å². The third kappa shape index (κ3) is 2.13. The van der Waals surface area contributed by atoms with E-state index in [0.717, 1.165) is 0 Å². The van der Waals surface area contributed by atoms with E-state index >= 15 is 0 Å². The van der Waals surface area contributed by atoms with Crippen molar-refractivity contribution < 1.29 is 8.83 Å². The van der Waals surface area contributed by atoms with Gasteiger partial charge in [-0.1, -0.05) is 0 Å². The zero-order valence-corrected chi connectivity index (χ0v) is 8.32. The first-order valence-corrected chi connectivity index (χ1v) is 4.92. The maximum atomic E-state index is 10.7. The van der Waals surface area contributed by atoms with E-state index in [1.165, 1.54) is 11.3 Å². The van der Waals surface area contributed by atoms with Gasteiger partial charge in [0.05, 0.1) is 12.5 Å². The average molecular weight is 222 g/mol. The molecule has 0 fully saturated rings. The Balaban J connectivity index is 0.000000144. The van der Waals surface area contributed by atoms with Crippen LogP contribution < -0.4 is 11.3 Å². The Bertz CT molecular complexity index is 563. The summed E-state index contributed by atoms with van der Waals surface area (Å²) in [6, 6.07) is 6.85. The van der Waals surface area contributed by atoms with Gasteiger partial charge in [-0.3, -0.25) is 0 Å². The SMILES string of the molecule is O=c1oc(=O)c2ccc1s2.c1ccoc1. The van der Waals surface area contributed by atoms with E-state index in [2.05, 4.69) is 8.83 Å². The van der Waals surface area contributed by atoms with Crippen LogP contribution >= 0.6 is 11.3 Å². The lowest BCUT2D eigenvalue weighted by atomic mass is 10.5. The van der Waals surface area contributed by atoms with Gasteiger partial charge in [0.1, 0.15) is 9.40 Å². The Morgan fingerprint density at radius 1 is 0.933 bits per heavy atom. The summed E-state index contributed by atoms with van der Waals surface area (Å²) in [7, 11) is 0. The van der Waals surface area contributed by atoms with Gasteiger partial charge in [-0.2, -0.15) is 0 Å². The number of hydrogen-bond donors (Lipinski definition) is 0. The molecule has 3 heterocycles. The van der Waals surface area contributed by atoms with Crippen LogP contribution in [0.3, 0.4) is 0 Å². The third-order valence-corrected chi connectivity index (χ3v) is 2.66. The summed E-state index contributed by atoms with van der Waals surface area (Å²) in [5, 5.41) is 0. The van der Waals surface area contributed by atoms with Gasteiger partial charge in [-0.15, -0.1) is 11.3 Å².